The Hall–Kier alpha value is -5.80. The summed E-state index contributed by atoms with van der Waals surface area (Å²) < 4.78 is 2.42. The number of fused-ring (bicyclic) bond motifs is 6. The zero-order valence-corrected chi connectivity index (χ0v) is 25.8. The lowest BCUT2D eigenvalue weighted by atomic mass is 9.82. The summed E-state index contributed by atoms with van der Waals surface area (Å²) in [4.78, 5) is 10.0. The van der Waals surface area contributed by atoms with Crippen molar-refractivity contribution in [2.24, 2.45) is 0 Å². The standard InChI is InChI=1S/C43H31N3/c1-43(2)36-19-11-9-17-32(36)34-25-35-33-18-10-12-20-40(33)46(41(35)26-37(34)43)31-23-21-29(22-24-31)39-27-38(28-13-5-3-6-14-28)44-42(45-39)30-15-7-4-8-16-30/h3-27H,1-2H3. The Balaban J connectivity index is 1.20. The molecule has 0 saturated heterocycles. The van der Waals surface area contributed by atoms with Crippen LogP contribution in [0.25, 0.3) is 72.5 Å². The average molecular weight is 590 g/mol. The van der Waals surface area contributed by atoms with E-state index >= 15 is 0 Å². The van der Waals surface area contributed by atoms with E-state index < -0.39 is 0 Å². The molecule has 46 heavy (non-hydrogen) atoms. The fourth-order valence-corrected chi connectivity index (χ4v) is 7.29. The molecule has 0 atom stereocenters. The minimum Gasteiger partial charge on any atom is -0.309 e. The minimum atomic E-state index is -0.0643. The highest BCUT2D eigenvalue weighted by Crippen LogP contribution is 2.51. The van der Waals surface area contributed by atoms with Gasteiger partial charge in [-0.25, -0.2) is 9.97 Å². The zero-order valence-electron chi connectivity index (χ0n) is 25.8. The monoisotopic (exact) mass is 589 g/mol. The first-order valence-electron chi connectivity index (χ1n) is 15.8. The van der Waals surface area contributed by atoms with Gasteiger partial charge < -0.3 is 4.57 Å². The normalized spacial score (nSPS) is 13.2. The van der Waals surface area contributed by atoms with Crippen LogP contribution in [0.5, 0.6) is 0 Å². The van der Waals surface area contributed by atoms with Gasteiger partial charge in [0.15, 0.2) is 5.82 Å². The van der Waals surface area contributed by atoms with Crippen LogP contribution in [0.4, 0.5) is 0 Å². The van der Waals surface area contributed by atoms with Crippen molar-refractivity contribution >= 4 is 21.8 Å². The Kier molecular flexibility index (Phi) is 5.85. The quantitative estimate of drug-likeness (QED) is 0.204. The summed E-state index contributed by atoms with van der Waals surface area (Å²) >= 11 is 0. The number of hydrogen-bond donors (Lipinski definition) is 0. The average Bonchev–Trinajstić information content (AvgIpc) is 3.56. The van der Waals surface area contributed by atoms with Crippen LogP contribution in [0.1, 0.15) is 25.0 Å². The number of hydrogen-bond acceptors (Lipinski definition) is 2. The van der Waals surface area contributed by atoms with Crippen molar-refractivity contribution in [3.8, 4) is 50.7 Å². The molecule has 6 aromatic carbocycles. The van der Waals surface area contributed by atoms with Gasteiger partial charge in [-0.1, -0.05) is 129 Å². The molecule has 0 spiro atoms. The molecular weight excluding hydrogens is 558 g/mol. The van der Waals surface area contributed by atoms with Crippen molar-refractivity contribution in [3.05, 3.63) is 163 Å². The molecule has 0 amide bonds. The third-order valence-electron chi connectivity index (χ3n) is 9.62. The largest absolute Gasteiger partial charge is 0.309 e. The van der Waals surface area contributed by atoms with Gasteiger partial charge in [-0.05, 0) is 58.7 Å². The minimum absolute atomic E-state index is 0.0643. The zero-order chi connectivity index (χ0) is 30.8. The van der Waals surface area contributed by atoms with E-state index in [2.05, 4.69) is 146 Å². The molecule has 0 fully saturated rings. The van der Waals surface area contributed by atoms with Crippen LogP contribution in [0, 0.1) is 0 Å². The highest BCUT2D eigenvalue weighted by atomic mass is 15.0. The van der Waals surface area contributed by atoms with Crippen LogP contribution < -0.4 is 0 Å². The third kappa shape index (κ3) is 4.05. The molecule has 0 aliphatic heterocycles. The number of nitrogens with zero attached hydrogens (tertiary/aromatic N) is 3. The fraction of sp³-hybridized carbons (Fsp3) is 0.0698. The van der Waals surface area contributed by atoms with E-state index in [4.69, 9.17) is 9.97 Å². The SMILES string of the molecule is CC1(C)c2ccccc2-c2cc3c4ccccc4n(-c4ccc(-c5cc(-c6ccccc6)nc(-c6ccccc6)n5)cc4)c3cc21. The van der Waals surface area contributed by atoms with Gasteiger partial charge in [-0.2, -0.15) is 0 Å². The first-order chi connectivity index (χ1) is 22.6. The molecule has 8 aromatic rings. The van der Waals surface area contributed by atoms with Crippen molar-refractivity contribution in [1.29, 1.82) is 0 Å². The van der Waals surface area contributed by atoms with Gasteiger partial charge in [0.05, 0.1) is 22.4 Å². The van der Waals surface area contributed by atoms with Gasteiger partial charge >= 0.3 is 0 Å². The van der Waals surface area contributed by atoms with Crippen LogP contribution in [0.2, 0.25) is 0 Å². The van der Waals surface area contributed by atoms with E-state index in [-0.39, 0.29) is 5.41 Å². The number of aromatic nitrogens is 3. The van der Waals surface area contributed by atoms with Crippen molar-refractivity contribution in [2.75, 3.05) is 0 Å². The van der Waals surface area contributed by atoms with Crippen LogP contribution >= 0.6 is 0 Å². The molecule has 2 aromatic heterocycles. The van der Waals surface area contributed by atoms with Crippen molar-refractivity contribution in [3.63, 3.8) is 0 Å². The van der Waals surface area contributed by atoms with Gasteiger partial charge in [-0.15, -0.1) is 0 Å². The molecule has 0 unspecified atom stereocenters. The summed E-state index contributed by atoms with van der Waals surface area (Å²) in [5.41, 5.74) is 13.9. The summed E-state index contributed by atoms with van der Waals surface area (Å²) in [6.07, 6.45) is 0. The molecular formula is C43H31N3. The van der Waals surface area contributed by atoms with Crippen LogP contribution in [0.15, 0.2) is 152 Å². The van der Waals surface area contributed by atoms with Gasteiger partial charge in [0.25, 0.3) is 0 Å². The highest BCUT2D eigenvalue weighted by Gasteiger charge is 2.36. The lowest BCUT2D eigenvalue weighted by molar-refractivity contribution is 0.661. The molecule has 1 aliphatic carbocycles. The first kappa shape index (κ1) is 26.6. The second-order valence-electron chi connectivity index (χ2n) is 12.7. The summed E-state index contributed by atoms with van der Waals surface area (Å²) in [6, 6.07) is 53.9. The summed E-state index contributed by atoms with van der Waals surface area (Å²) in [7, 11) is 0. The highest BCUT2D eigenvalue weighted by molar-refractivity contribution is 6.11. The summed E-state index contributed by atoms with van der Waals surface area (Å²) in [5, 5.41) is 2.55. The Morgan fingerprint density at radius 2 is 1.07 bits per heavy atom. The summed E-state index contributed by atoms with van der Waals surface area (Å²) in [5.74, 6) is 0.723. The summed E-state index contributed by atoms with van der Waals surface area (Å²) in [6.45, 7) is 4.70. The van der Waals surface area contributed by atoms with E-state index in [1.54, 1.807) is 0 Å². The van der Waals surface area contributed by atoms with Crippen molar-refractivity contribution in [1.82, 2.24) is 14.5 Å². The topological polar surface area (TPSA) is 30.7 Å². The second-order valence-corrected chi connectivity index (χ2v) is 12.7. The third-order valence-corrected chi connectivity index (χ3v) is 9.62. The molecule has 0 bridgehead atoms. The van der Waals surface area contributed by atoms with Crippen molar-refractivity contribution < 1.29 is 0 Å². The van der Waals surface area contributed by atoms with Crippen LogP contribution in [-0.2, 0) is 5.41 Å². The first-order valence-corrected chi connectivity index (χ1v) is 15.8. The Labute approximate surface area is 268 Å². The molecule has 9 rings (SSSR count). The predicted molar refractivity (Wildman–Crippen MR) is 190 cm³/mol. The number of rotatable bonds is 4. The molecule has 218 valence electrons. The van der Waals surface area contributed by atoms with Gasteiger partial charge in [0.1, 0.15) is 0 Å². The lowest BCUT2D eigenvalue weighted by Crippen LogP contribution is -2.14. The molecule has 2 heterocycles. The van der Waals surface area contributed by atoms with E-state index in [0.717, 1.165) is 39.6 Å². The van der Waals surface area contributed by atoms with E-state index in [1.807, 2.05) is 24.3 Å². The van der Waals surface area contributed by atoms with E-state index in [0.29, 0.717) is 0 Å². The maximum Gasteiger partial charge on any atom is 0.160 e. The number of para-hydroxylation sites is 1. The molecule has 1 aliphatic rings. The van der Waals surface area contributed by atoms with Gasteiger partial charge in [0, 0.05) is 38.6 Å². The molecule has 3 heteroatoms. The smallest absolute Gasteiger partial charge is 0.160 e. The molecule has 0 saturated carbocycles. The van der Waals surface area contributed by atoms with E-state index in [9.17, 15) is 0 Å². The predicted octanol–water partition coefficient (Wildman–Crippen LogP) is 10.9. The van der Waals surface area contributed by atoms with Crippen LogP contribution in [-0.4, -0.2) is 14.5 Å². The fourth-order valence-electron chi connectivity index (χ4n) is 7.29. The number of benzene rings is 6. The lowest BCUT2D eigenvalue weighted by Gasteiger charge is -2.21. The van der Waals surface area contributed by atoms with E-state index in [1.165, 1.54) is 44.1 Å². The maximum atomic E-state index is 5.05. The van der Waals surface area contributed by atoms with Gasteiger partial charge in [0.2, 0.25) is 0 Å². The molecule has 3 nitrogen and oxygen atoms in total. The maximum absolute atomic E-state index is 5.05. The van der Waals surface area contributed by atoms with Crippen LogP contribution in [0.3, 0.4) is 0 Å². The Morgan fingerprint density at radius 3 is 1.80 bits per heavy atom. The van der Waals surface area contributed by atoms with Crippen molar-refractivity contribution in [2.45, 2.75) is 19.3 Å². The second kappa shape index (κ2) is 10.1. The Bertz CT molecular complexity index is 2360. The molecule has 0 N–H and O–H groups in total. The molecule has 0 radical (unpaired) electrons. The Morgan fingerprint density at radius 1 is 0.457 bits per heavy atom. The van der Waals surface area contributed by atoms with Gasteiger partial charge in [-0.3, -0.25) is 0 Å².